The van der Waals surface area contributed by atoms with E-state index in [-0.39, 0.29) is 12.8 Å². The predicted molar refractivity (Wildman–Crippen MR) is 56.9 cm³/mol. The Morgan fingerprint density at radius 1 is 1.07 bits per heavy atom. The number of methoxy groups -OCH3 is 1. The molecule has 0 saturated heterocycles. The zero-order valence-corrected chi connectivity index (χ0v) is 9.91. The normalized spacial score (nSPS) is 10.7. The Labute approximate surface area is 86.8 Å². The van der Waals surface area contributed by atoms with E-state index in [9.17, 15) is 8.78 Å². The number of ether oxygens (including phenoxy) is 1. The molecule has 0 saturated carbocycles. The van der Waals surface area contributed by atoms with Crippen LogP contribution < -0.4 is 0 Å². The molecule has 0 fully saturated rings. The Morgan fingerprint density at radius 2 is 1.64 bits per heavy atom. The molecule has 0 aliphatic heterocycles. The van der Waals surface area contributed by atoms with Crippen LogP contribution in [0, 0.1) is 0 Å². The zero-order valence-electron chi connectivity index (χ0n) is 9.91. The van der Waals surface area contributed by atoms with Gasteiger partial charge in [-0.3, -0.25) is 0 Å². The van der Waals surface area contributed by atoms with E-state index in [4.69, 9.17) is 4.74 Å². The van der Waals surface area contributed by atoms with Crippen molar-refractivity contribution in [1.29, 1.82) is 0 Å². The molecule has 0 N–H and O–H groups in total. The Balaban J connectivity index is 0. The second kappa shape index (κ2) is 10.9. The molecule has 0 amide bonds. The van der Waals surface area contributed by atoms with Crippen LogP contribution in [0.2, 0.25) is 0 Å². The lowest BCUT2D eigenvalue weighted by Crippen LogP contribution is -2.15. The summed E-state index contributed by atoms with van der Waals surface area (Å²) >= 11 is 0. The van der Waals surface area contributed by atoms with E-state index < -0.39 is 5.92 Å². The molecule has 0 bridgehead atoms. The van der Waals surface area contributed by atoms with Crippen LogP contribution in [-0.2, 0) is 4.74 Å². The molecule has 0 rings (SSSR count). The topological polar surface area (TPSA) is 9.23 Å². The largest absolute Gasteiger partial charge is 0.385 e. The third kappa shape index (κ3) is 11.8. The number of alkyl halides is 2. The molecule has 0 atom stereocenters. The van der Waals surface area contributed by atoms with Crippen LogP contribution in [0.3, 0.4) is 0 Å². The maximum absolute atomic E-state index is 12.8. The summed E-state index contributed by atoms with van der Waals surface area (Å²) in [7, 11) is 1.59. The van der Waals surface area contributed by atoms with E-state index in [0.717, 1.165) is 6.42 Å². The number of hydrogen-bond donors (Lipinski definition) is 0. The van der Waals surface area contributed by atoms with Gasteiger partial charge in [-0.15, -0.1) is 0 Å². The Hall–Kier alpha value is -0.180. The highest BCUT2D eigenvalue weighted by molar-refractivity contribution is 4.64. The Morgan fingerprint density at radius 3 is 2.07 bits per heavy atom. The van der Waals surface area contributed by atoms with Gasteiger partial charge in [-0.2, -0.15) is 0 Å². The number of rotatable bonds is 7. The molecule has 0 aromatic heterocycles. The van der Waals surface area contributed by atoms with Gasteiger partial charge >= 0.3 is 0 Å². The van der Waals surface area contributed by atoms with Crippen LogP contribution in [0.4, 0.5) is 8.78 Å². The van der Waals surface area contributed by atoms with Gasteiger partial charge in [0, 0.05) is 26.6 Å². The van der Waals surface area contributed by atoms with E-state index >= 15 is 0 Å². The maximum Gasteiger partial charge on any atom is 0.248 e. The first kappa shape index (κ1) is 16.3. The summed E-state index contributed by atoms with van der Waals surface area (Å²) in [5, 5.41) is 0. The Kier molecular flexibility index (Phi) is 12.7. The SMILES string of the molecule is CC.CCCC(F)(F)CCCCOC. The second-order valence-electron chi connectivity index (χ2n) is 3.06. The fourth-order valence-corrected chi connectivity index (χ4v) is 1.12. The fourth-order valence-electron chi connectivity index (χ4n) is 1.12. The monoisotopic (exact) mass is 210 g/mol. The average molecular weight is 210 g/mol. The van der Waals surface area contributed by atoms with Crippen molar-refractivity contribution in [3.8, 4) is 0 Å². The third-order valence-corrected chi connectivity index (χ3v) is 1.76. The highest BCUT2D eigenvalue weighted by Crippen LogP contribution is 2.26. The van der Waals surface area contributed by atoms with Crippen molar-refractivity contribution in [1.82, 2.24) is 0 Å². The van der Waals surface area contributed by atoms with Gasteiger partial charge in [0.2, 0.25) is 5.92 Å². The minimum atomic E-state index is -2.46. The van der Waals surface area contributed by atoms with Gasteiger partial charge in [0.15, 0.2) is 0 Å². The van der Waals surface area contributed by atoms with Crippen LogP contribution in [0.15, 0.2) is 0 Å². The first-order valence-electron chi connectivity index (χ1n) is 5.49. The summed E-state index contributed by atoms with van der Waals surface area (Å²) in [6, 6.07) is 0. The van der Waals surface area contributed by atoms with E-state index in [1.807, 2.05) is 13.8 Å². The molecule has 0 unspecified atom stereocenters. The first-order chi connectivity index (χ1) is 6.62. The quantitative estimate of drug-likeness (QED) is 0.570. The third-order valence-electron chi connectivity index (χ3n) is 1.76. The van der Waals surface area contributed by atoms with Crippen LogP contribution >= 0.6 is 0 Å². The van der Waals surface area contributed by atoms with Gasteiger partial charge in [0.05, 0.1) is 0 Å². The van der Waals surface area contributed by atoms with Crippen molar-refractivity contribution < 1.29 is 13.5 Å². The highest BCUT2D eigenvalue weighted by Gasteiger charge is 2.26. The summed E-state index contributed by atoms with van der Waals surface area (Å²) in [6.45, 7) is 6.37. The molecule has 0 aliphatic rings. The molecular weight excluding hydrogens is 186 g/mol. The minimum Gasteiger partial charge on any atom is -0.385 e. The van der Waals surface area contributed by atoms with Gasteiger partial charge in [0.25, 0.3) is 0 Å². The molecule has 1 nitrogen and oxygen atoms in total. The lowest BCUT2D eigenvalue weighted by Gasteiger charge is -2.14. The standard InChI is InChI=1S/C9H18F2O.C2H6/c1-3-6-9(10,11)7-4-5-8-12-2;1-2/h3-8H2,1-2H3;1-2H3. The zero-order chi connectivity index (χ0) is 11.4. The molecule has 0 aromatic carbocycles. The van der Waals surface area contributed by atoms with Gasteiger partial charge in [-0.25, -0.2) is 8.78 Å². The summed E-state index contributed by atoms with van der Waals surface area (Å²) in [4.78, 5) is 0. The molecule has 0 aliphatic carbocycles. The van der Waals surface area contributed by atoms with E-state index in [0.29, 0.717) is 19.4 Å². The molecule has 88 valence electrons. The van der Waals surface area contributed by atoms with Crippen molar-refractivity contribution in [3.63, 3.8) is 0 Å². The van der Waals surface area contributed by atoms with Crippen LogP contribution in [0.1, 0.15) is 52.9 Å². The van der Waals surface area contributed by atoms with Crippen LogP contribution in [0.25, 0.3) is 0 Å². The van der Waals surface area contributed by atoms with Crippen molar-refractivity contribution in [2.24, 2.45) is 0 Å². The van der Waals surface area contributed by atoms with Gasteiger partial charge < -0.3 is 4.74 Å². The highest BCUT2D eigenvalue weighted by atomic mass is 19.3. The van der Waals surface area contributed by atoms with Crippen molar-refractivity contribution >= 4 is 0 Å². The summed E-state index contributed by atoms with van der Waals surface area (Å²) < 4.78 is 30.4. The van der Waals surface area contributed by atoms with Gasteiger partial charge in [-0.1, -0.05) is 27.2 Å². The van der Waals surface area contributed by atoms with Gasteiger partial charge in [-0.05, 0) is 12.8 Å². The molecule has 0 spiro atoms. The lowest BCUT2D eigenvalue weighted by molar-refractivity contribution is -0.0200. The lowest BCUT2D eigenvalue weighted by atomic mass is 10.1. The summed E-state index contributed by atoms with van der Waals surface area (Å²) in [6.07, 6.45) is 1.86. The first-order valence-corrected chi connectivity index (χ1v) is 5.49. The van der Waals surface area contributed by atoms with Gasteiger partial charge in [0.1, 0.15) is 0 Å². The fraction of sp³-hybridized carbons (Fsp3) is 1.00. The molecular formula is C11H24F2O. The minimum absolute atomic E-state index is 0.00417. The van der Waals surface area contributed by atoms with Crippen molar-refractivity contribution in [2.45, 2.75) is 58.8 Å². The molecule has 3 heteroatoms. The summed E-state index contributed by atoms with van der Waals surface area (Å²) in [5.74, 6) is -2.46. The number of hydrogen-bond acceptors (Lipinski definition) is 1. The van der Waals surface area contributed by atoms with Crippen LogP contribution in [-0.4, -0.2) is 19.6 Å². The summed E-state index contributed by atoms with van der Waals surface area (Å²) in [5.41, 5.74) is 0. The average Bonchev–Trinajstić information content (AvgIpc) is 2.16. The second-order valence-corrected chi connectivity index (χ2v) is 3.06. The van der Waals surface area contributed by atoms with Crippen molar-refractivity contribution in [3.05, 3.63) is 0 Å². The Bertz CT molecular complexity index is 105. The van der Waals surface area contributed by atoms with E-state index in [1.165, 1.54) is 0 Å². The van der Waals surface area contributed by atoms with E-state index in [1.54, 1.807) is 14.0 Å². The maximum atomic E-state index is 12.8. The van der Waals surface area contributed by atoms with Crippen molar-refractivity contribution in [2.75, 3.05) is 13.7 Å². The molecule has 0 aromatic rings. The van der Waals surface area contributed by atoms with Crippen LogP contribution in [0.5, 0.6) is 0 Å². The smallest absolute Gasteiger partial charge is 0.248 e. The number of halogens is 2. The molecule has 14 heavy (non-hydrogen) atoms. The number of unbranched alkanes of at least 4 members (excludes halogenated alkanes) is 1. The van der Waals surface area contributed by atoms with E-state index in [2.05, 4.69) is 0 Å². The molecule has 0 heterocycles. The molecule has 0 radical (unpaired) electrons. The predicted octanol–water partition coefficient (Wildman–Crippen LogP) is 4.26.